The summed E-state index contributed by atoms with van der Waals surface area (Å²) in [6, 6.07) is 10.3. The average molecular weight is 385 g/mol. The molecule has 0 radical (unpaired) electrons. The Hall–Kier alpha value is -3.14. The lowest BCUT2D eigenvalue weighted by Gasteiger charge is -2.16. The smallest absolute Gasteiger partial charge is 0.433 e. The van der Waals surface area contributed by atoms with Crippen LogP contribution in [0.1, 0.15) is 25.3 Å². The molecular formula is C17H15N5O4S. The third-order valence-electron chi connectivity index (χ3n) is 3.82. The monoisotopic (exact) mass is 385 g/mol. The molecule has 10 heteroatoms. The van der Waals surface area contributed by atoms with Gasteiger partial charge in [-0.05, 0) is 18.6 Å². The van der Waals surface area contributed by atoms with Crippen molar-refractivity contribution in [2.24, 2.45) is 0 Å². The summed E-state index contributed by atoms with van der Waals surface area (Å²) in [5.74, 6) is 1.08. The largest absolute Gasteiger partial charge is 0.444 e. The van der Waals surface area contributed by atoms with Gasteiger partial charge in [0.2, 0.25) is 17.3 Å². The van der Waals surface area contributed by atoms with Gasteiger partial charge in [-0.25, -0.2) is 0 Å². The molecule has 9 nitrogen and oxygen atoms in total. The summed E-state index contributed by atoms with van der Waals surface area (Å²) in [5, 5.41) is 23.1. The molecule has 138 valence electrons. The Bertz CT molecular complexity index is 993. The van der Waals surface area contributed by atoms with Crippen molar-refractivity contribution < 1.29 is 14.1 Å². The van der Waals surface area contributed by atoms with Crippen molar-refractivity contribution in [2.45, 2.75) is 24.7 Å². The van der Waals surface area contributed by atoms with Crippen molar-refractivity contribution in [1.29, 1.82) is 0 Å². The van der Waals surface area contributed by atoms with Crippen LogP contribution in [0.5, 0.6) is 5.88 Å². The fraction of sp³-hybridized carbons (Fsp3) is 0.235. The van der Waals surface area contributed by atoms with E-state index in [1.165, 1.54) is 23.9 Å². The zero-order chi connectivity index (χ0) is 18.8. The second kappa shape index (κ2) is 7.23. The number of thioether (sulfide) groups is 1. The third kappa shape index (κ3) is 3.43. The summed E-state index contributed by atoms with van der Waals surface area (Å²) in [6.07, 6.45) is 0.191. The summed E-state index contributed by atoms with van der Waals surface area (Å²) in [6.45, 7) is 2.07. The standard InChI is InChI=1S/C17H15N5O4S/c1-2-9-27-17-19-16-14(20-21-17)10-5-3-4-6-11(10)18-15(26-16)12-7-8-13(25-12)22(23)24/h3-8,15,18H,2,9H2,1H3/t15-/m1/s1. The number of anilines is 1. The molecule has 0 saturated carbocycles. The highest BCUT2D eigenvalue weighted by Gasteiger charge is 2.29. The van der Waals surface area contributed by atoms with E-state index in [2.05, 4.69) is 27.4 Å². The van der Waals surface area contributed by atoms with Crippen molar-refractivity contribution in [3.63, 3.8) is 0 Å². The molecule has 1 N–H and O–H groups in total. The van der Waals surface area contributed by atoms with E-state index >= 15 is 0 Å². The number of fused-ring (bicyclic) bond motifs is 3. The van der Waals surface area contributed by atoms with E-state index in [4.69, 9.17) is 9.15 Å². The van der Waals surface area contributed by atoms with Gasteiger partial charge in [-0.15, -0.1) is 10.2 Å². The van der Waals surface area contributed by atoms with Gasteiger partial charge in [0.1, 0.15) is 4.92 Å². The van der Waals surface area contributed by atoms with Gasteiger partial charge >= 0.3 is 5.88 Å². The molecule has 1 aromatic carbocycles. The first-order valence-corrected chi connectivity index (χ1v) is 9.28. The van der Waals surface area contributed by atoms with Crippen LogP contribution in [-0.2, 0) is 0 Å². The van der Waals surface area contributed by atoms with Gasteiger partial charge in [-0.2, -0.15) is 4.98 Å². The highest BCUT2D eigenvalue weighted by molar-refractivity contribution is 7.99. The Morgan fingerprint density at radius 3 is 2.89 bits per heavy atom. The normalized spacial score (nSPS) is 15.1. The van der Waals surface area contributed by atoms with Gasteiger partial charge in [0, 0.05) is 17.0 Å². The number of furan rings is 1. The number of hydrogen-bond donors (Lipinski definition) is 1. The minimum Gasteiger partial charge on any atom is -0.444 e. The zero-order valence-electron chi connectivity index (χ0n) is 14.3. The number of para-hydroxylation sites is 1. The maximum atomic E-state index is 10.9. The number of hydrogen-bond acceptors (Lipinski definition) is 9. The molecule has 0 aliphatic carbocycles. The van der Waals surface area contributed by atoms with Crippen molar-refractivity contribution in [3.05, 3.63) is 52.3 Å². The Morgan fingerprint density at radius 1 is 1.26 bits per heavy atom. The van der Waals surface area contributed by atoms with Gasteiger partial charge < -0.3 is 14.5 Å². The zero-order valence-corrected chi connectivity index (χ0v) is 15.1. The summed E-state index contributed by atoms with van der Waals surface area (Å²) in [5.41, 5.74) is 2.02. The molecule has 3 aromatic rings. The van der Waals surface area contributed by atoms with Crippen LogP contribution >= 0.6 is 11.8 Å². The molecule has 1 atom stereocenters. The molecule has 0 amide bonds. The number of nitro groups is 1. The number of rotatable bonds is 5. The van der Waals surface area contributed by atoms with Gasteiger partial charge in [0.25, 0.3) is 0 Å². The summed E-state index contributed by atoms with van der Waals surface area (Å²) >= 11 is 1.49. The molecule has 4 rings (SSSR count). The number of benzene rings is 1. The van der Waals surface area contributed by atoms with Crippen molar-refractivity contribution >= 4 is 23.3 Å². The third-order valence-corrected chi connectivity index (χ3v) is 4.86. The lowest BCUT2D eigenvalue weighted by Crippen LogP contribution is -2.16. The number of ether oxygens (including phenoxy) is 1. The summed E-state index contributed by atoms with van der Waals surface area (Å²) < 4.78 is 11.3. The van der Waals surface area contributed by atoms with Crippen LogP contribution in [0.25, 0.3) is 11.3 Å². The quantitative estimate of drug-likeness (QED) is 0.394. The predicted octanol–water partition coefficient (Wildman–Crippen LogP) is 4.05. The van der Waals surface area contributed by atoms with Crippen LogP contribution in [0.3, 0.4) is 0 Å². The number of aromatic nitrogens is 3. The lowest BCUT2D eigenvalue weighted by molar-refractivity contribution is -0.402. The van der Waals surface area contributed by atoms with Crippen LogP contribution in [0.15, 0.2) is 46.0 Å². The molecule has 0 unspecified atom stereocenters. The minimum absolute atomic E-state index is 0.269. The van der Waals surface area contributed by atoms with E-state index in [0.717, 1.165) is 23.4 Å². The highest BCUT2D eigenvalue weighted by atomic mass is 32.2. The molecular weight excluding hydrogens is 370 g/mol. The Kier molecular flexibility index (Phi) is 4.63. The van der Waals surface area contributed by atoms with E-state index in [1.807, 2.05) is 24.3 Å². The maximum absolute atomic E-state index is 10.9. The molecule has 0 bridgehead atoms. The highest BCUT2D eigenvalue weighted by Crippen LogP contribution is 2.40. The predicted molar refractivity (Wildman–Crippen MR) is 98.6 cm³/mol. The second-order valence-corrected chi connectivity index (χ2v) is 6.78. The number of nitrogens with zero attached hydrogens (tertiary/aromatic N) is 4. The Morgan fingerprint density at radius 2 is 2.11 bits per heavy atom. The van der Waals surface area contributed by atoms with Crippen molar-refractivity contribution in [2.75, 3.05) is 11.1 Å². The van der Waals surface area contributed by atoms with Crippen molar-refractivity contribution in [1.82, 2.24) is 15.2 Å². The molecule has 2 aromatic heterocycles. The Balaban J connectivity index is 1.76. The topological polar surface area (TPSA) is 116 Å². The molecule has 0 fully saturated rings. The fourth-order valence-corrected chi connectivity index (χ4v) is 3.24. The van der Waals surface area contributed by atoms with Crippen molar-refractivity contribution in [3.8, 4) is 17.1 Å². The van der Waals surface area contributed by atoms with Gasteiger partial charge in [0.05, 0.1) is 6.07 Å². The summed E-state index contributed by atoms with van der Waals surface area (Å²) in [7, 11) is 0. The number of nitrogens with one attached hydrogen (secondary N) is 1. The van der Waals surface area contributed by atoms with Gasteiger partial charge in [-0.3, -0.25) is 10.1 Å². The fourth-order valence-electron chi connectivity index (χ4n) is 2.61. The molecule has 0 spiro atoms. The van der Waals surface area contributed by atoms with Crippen LogP contribution in [0, 0.1) is 10.1 Å². The lowest BCUT2D eigenvalue weighted by atomic mass is 10.1. The van der Waals surface area contributed by atoms with Crippen LogP contribution in [0.4, 0.5) is 11.6 Å². The first-order chi connectivity index (χ1) is 13.2. The molecule has 1 aliphatic rings. The van der Waals surface area contributed by atoms with Crippen LogP contribution in [0.2, 0.25) is 0 Å². The average Bonchev–Trinajstić information content (AvgIpc) is 3.11. The molecule has 27 heavy (non-hydrogen) atoms. The maximum Gasteiger partial charge on any atom is 0.433 e. The molecule has 3 heterocycles. The van der Waals surface area contributed by atoms with E-state index < -0.39 is 11.2 Å². The van der Waals surface area contributed by atoms with Crippen LogP contribution < -0.4 is 10.1 Å². The molecule has 0 saturated heterocycles. The minimum atomic E-state index is -0.790. The Labute approximate surface area is 158 Å². The first kappa shape index (κ1) is 17.3. The van der Waals surface area contributed by atoms with E-state index in [-0.39, 0.29) is 11.6 Å². The van der Waals surface area contributed by atoms with E-state index in [0.29, 0.717) is 16.7 Å². The first-order valence-electron chi connectivity index (χ1n) is 8.30. The summed E-state index contributed by atoms with van der Waals surface area (Å²) in [4.78, 5) is 14.8. The van der Waals surface area contributed by atoms with Gasteiger partial charge in [0.15, 0.2) is 11.5 Å². The van der Waals surface area contributed by atoms with E-state index in [1.54, 1.807) is 0 Å². The SMILES string of the molecule is CCCSc1nnc2c(n1)O[C@H](c1ccc([N+](=O)[O-])o1)Nc1ccccc1-2. The second-order valence-electron chi connectivity index (χ2n) is 5.72. The van der Waals surface area contributed by atoms with Gasteiger partial charge in [-0.1, -0.05) is 36.9 Å². The van der Waals surface area contributed by atoms with Crippen LogP contribution in [-0.4, -0.2) is 25.9 Å². The molecule has 1 aliphatic heterocycles. The van der Waals surface area contributed by atoms with E-state index in [9.17, 15) is 10.1 Å².